The molecule has 0 atom stereocenters. The lowest BCUT2D eigenvalue weighted by atomic mass is 10.2. The highest BCUT2D eigenvalue weighted by atomic mass is 16.1. The number of aromatic amines is 1. The van der Waals surface area contributed by atoms with E-state index in [0.29, 0.717) is 17.9 Å². The quantitative estimate of drug-likeness (QED) is 0.624. The van der Waals surface area contributed by atoms with Crippen LogP contribution in [0.4, 0.5) is 0 Å². The van der Waals surface area contributed by atoms with Gasteiger partial charge in [0.05, 0.1) is 17.8 Å². The van der Waals surface area contributed by atoms with Crippen molar-refractivity contribution in [2.75, 3.05) is 0 Å². The predicted octanol–water partition coefficient (Wildman–Crippen LogP) is 1.69. The fourth-order valence-electron chi connectivity index (χ4n) is 2.93. The van der Waals surface area contributed by atoms with Gasteiger partial charge in [-0.15, -0.1) is 5.10 Å². The van der Waals surface area contributed by atoms with Gasteiger partial charge in [-0.2, -0.15) is 0 Å². The summed E-state index contributed by atoms with van der Waals surface area (Å²) in [5.74, 6) is 0. The molecule has 0 saturated heterocycles. The first-order valence-corrected chi connectivity index (χ1v) is 7.55. The standard InChI is InChI=1S/C16H16N6O/c1-3-12-10(2)19-22-15(23)8-11(17-16(12)22)9-21-14-7-5-4-6-13(14)18-20-21/h4-8,19H,3,9H2,1-2H3. The molecule has 0 spiro atoms. The average molecular weight is 308 g/mol. The zero-order valence-corrected chi connectivity index (χ0v) is 12.9. The van der Waals surface area contributed by atoms with Crippen molar-refractivity contribution >= 4 is 16.7 Å². The molecule has 1 aromatic carbocycles. The Bertz CT molecular complexity index is 1070. The maximum atomic E-state index is 12.3. The Labute approximate surface area is 131 Å². The molecule has 0 radical (unpaired) electrons. The summed E-state index contributed by atoms with van der Waals surface area (Å²) in [6.45, 7) is 4.43. The molecular formula is C16H16N6O. The lowest BCUT2D eigenvalue weighted by Crippen LogP contribution is -2.17. The molecule has 0 amide bonds. The number of fused-ring (bicyclic) bond motifs is 2. The second-order valence-electron chi connectivity index (χ2n) is 5.55. The number of para-hydroxylation sites is 1. The van der Waals surface area contributed by atoms with E-state index in [2.05, 4.69) is 27.3 Å². The maximum Gasteiger partial charge on any atom is 0.272 e. The number of rotatable bonds is 3. The van der Waals surface area contributed by atoms with Crippen LogP contribution < -0.4 is 5.56 Å². The topological polar surface area (TPSA) is 80.9 Å². The summed E-state index contributed by atoms with van der Waals surface area (Å²) in [6.07, 6.45) is 0.820. The van der Waals surface area contributed by atoms with Gasteiger partial charge in [-0.3, -0.25) is 9.89 Å². The Morgan fingerprint density at radius 1 is 1.26 bits per heavy atom. The van der Waals surface area contributed by atoms with Gasteiger partial charge in [-0.1, -0.05) is 24.3 Å². The molecule has 0 aliphatic rings. The monoisotopic (exact) mass is 308 g/mol. The summed E-state index contributed by atoms with van der Waals surface area (Å²) in [4.78, 5) is 17.0. The fraction of sp³-hybridized carbons (Fsp3) is 0.250. The molecule has 0 saturated carbocycles. The van der Waals surface area contributed by atoms with E-state index < -0.39 is 0 Å². The Hall–Kier alpha value is -2.96. The van der Waals surface area contributed by atoms with Crippen LogP contribution >= 0.6 is 0 Å². The molecule has 4 aromatic rings. The number of nitrogens with one attached hydrogen (secondary N) is 1. The number of hydrogen-bond donors (Lipinski definition) is 1. The van der Waals surface area contributed by atoms with Crippen molar-refractivity contribution < 1.29 is 0 Å². The highest BCUT2D eigenvalue weighted by Crippen LogP contribution is 2.14. The Kier molecular flexibility index (Phi) is 3.00. The minimum atomic E-state index is -0.114. The van der Waals surface area contributed by atoms with Gasteiger partial charge in [0.2, 0.25) is 0 Å². The van der Waals surface area contributed by atoms with Crippen molar-refractivity contribution in [2.24, 2.45) is 0 Å². The number of hydrogen-bond acceptors (Lipinski definition) is 4. The Morgan fingerprint density at radius 3 is 2.91 bits per heavy atom. The van der Waals surface area contributed by atoms with Crippen LogP contribution in [0.5, 0.6) is 0 Å². The molecule has 0 aliphatic carbocycles. The molecule has 3 aromatic heterocycles. The van der Waals surface area contributed by atoms with Crippen molar-refractivity contribution in [1.82, 2.24) is 29.6 Å². The summed E-state index contributed by atoms with van der Waals surface area (Å²) in [5, 5.41) is 11.4. The molecule has 0 aliphatic heterocycles. The van der Waals surface area contributed by atoms with Gasteiger partial charge in [0.1, 0.15) is 5.52 Å². The molecule has 0 unspecified atom stereocenters. The van der Waals surface area contributed by atoms with E-state index in [1.807, 2.05) is 31.2 Å². The SMILES string of the molecule is CCc1c(C)[nH]n2c(=O)cc(Cn3nnc4ccccc43)nc12. The second-order valence-corrected chi connectivity index (χ2v) is 5.55. The van der Waals surface area contributed by atoms with E-state index in [4.69, 9.17) is 0 Å². The molecule has 116 valence electrons. The third-order valence-electron chi connectivity index (χ3n) is 4.06. The molecule has 0 bridgehead atoms. The predicted molar refractivity (Wildman–Crippen MR) is 86.6 cm³/mol. The van der Waals surface area contributed by atoms with Crippen LogP contribution in [0.2, 0.25) is 0 Å². The van der Waals surface area contributed by atoms with Gasteiger partial charge in [0.25, 0.3) is 5.56 Å². The van der Waals surface area contributed by atoms with Crippen LogP contribution in [0.1, 0.15) is 23.9 Å². The number of aryl methyl sites for hydroxylation is 2. The van der Waals surface area contributed by atoms with E-state index in [1.54, 1.807) is 10.7 Å². The van der Waals surface area contributed by atoms with Crippen molar-refractivity contribution in [3.63, 3.8) is 0 Å². The van der Waals surface area contributed by atoms with Gasteiger partial charge in [0, 0.05) is 17.3 Å². The molecule has 4 rings (SSSR count). The van der Waals surface area contributed by atoms with Gasteiger partial charge >= 0.3 is 0 Å². The van der Waals surface area contributed by atoms with Crippen LogP contribution in [0, 0.1) is 6.92 Å². The van der Waals surface area contributed by atoms with Crippen molar-refractivity contribution in [3.05, 3.63) is 57.6 Å². The smallest absolute Gasteiger partial charge is 0.272 e. The first-order valence-electron chi connectivity index (χ1n) is 7.55. The van der Waals surface area contributed by atoms with E-state index >= 15 is 0 Å². The second kappa shape index (κ2) is 5.05. The third kappa shape index (κ3) is 2.12. The molecular weight excluding hydrogens is 292 g/mol. The van der Waals surface area contributed by atoms with Crippen molar-refractivity contribution in [3.8, 4) is 0 Å². The molecule has 3 heterocycles. The van der Waals surface area contributed by atoms with E-state index in [-0.39, 0.29) is 5.56 Å². The lowest BCUT2D eigenvalue weighted by molar-refractivity contribution is 0.655. The van der Waals surface area contributed by atoms with Gasteiger partial charge in [0.15, 0.2) is 5.65 Å². The minimum Gasteiger partial charge on any atom is -0.294 e. The summed E-state index contributed by atoms with van der Waals surface area (Å²) in [5.41, 5.74) is 5.05. The fourth-order valence-corrected chi connectivity index (χ4v) is 2.93. The van der Waals surface area contributed by atoms with Crippen LogP contribution in [0.25, 0.3) is 16.7 Å². The Morgan fingerprint density at radius 2 is 2.09 bits per heavy atom. The Balaban J connectivity index is 1.84. The maximum absolute atomic E-state index is 12.3. The van der Waals surface area contributed by atoms with Crippen molar-refractivity contribution in [2.45, 2.75) is 26.8 Å². The lowest BCUT2D eigenvalue weighted by Gasteiger charge is -2.03. The summed E-state index contributed by atoms with van der Waals surface area (Å²) in [6, 6.07) is 9.28. The minimum absolute atomic E-state index is 0.114. The van der Waals surface area contributed by atoms with Gasteiger partial charge in [-0.25, -0.2) is 14.2 Å². The first-order chi connectivity index (χ1) is 11.2. The van der Waals surface area contributed by atoms with Gasteiger partial charge < -0.3 is 0 Å². The molecule has 7 nitrogen and oxygen atoms in total. The van der Waals surface area contributed by atoms with Crippen LogP contribution in [0.3, 0.4) is 0 Å². The summed E-state index contributed by atoms with van der Waals surface area (Å²) >= 11 is 0. The number of benzene rings is 1. The molecule has 0 fully saturated rings. The molecule has 7 heteroatoms. The number of aromatic nitrogens is 6. The van der Waals surface area contributed by atoms with E-state index in [0.717, 1.165) is 28.7 Å². The number of nitrogens with zero attached hydrogens (tertiary/aromatic N) is 5. The summed E-state index contributed by atoms with van der Waals surface area (Å²) in [7, 11) is 0. The van der Waals surface area contributed by atoms with E-state index in [1.165, 1.54) is 4.52 Å². The highest BCUT2D eigenvalue weighted by Gasteiger charge is 2.12. The molecule has 1 N–H and O–H groups in total. The molecule has 23 heavy (non-hydrogen) atoms. The van der Waals surface area contributed by atoms with Crippen LogP contribution in [-0.4, -0.2) is 29.6 Å². The zero-order chi connectivity index (χ0) is 16.0. The van der Waals surface area contributed by atoms with Crippen LogP contribution in [0.15, 0.2) is 35.1 Å². The van der Waals surface area contributed by atoms with Crippen LogP contribution in [-0.2, 0) is 13.0 Å². The van der Waals surface area contributed by atoms with Crippen molar-refractivity contribution in [1.29, 1.82) is 0 Å². The summed E-state index contributed by atoms with van der Waals surface area (Å²) < 4.78 is 3.26. The first kappa shape index (κ1) is 13.7. The third-order valence-corrected chi connectivity index (χ3v) is 4.06. The van der Waals surface area contributed by atoms with Gasteiger partial charge in [-0.05, 0) is 25.5 Å². The normalized spacial score (nSPS) is 11.6. The zero-order valence-electron chi connectivity index (χ0n) is 12.9. The highest BCUT2D eigenvalue weighted by molar-refractivity contribution is 5.73. The number of H-pyrrole nitrogens is 1. The largest absolute Gasteiger partial charge is 0.294 e. The average Bonchev–Trinajstić information content (AvgIpc) is 3.09. The van der Waals surface area contributed by atoms with E-state index in [9.17, 15) is 4.79 Å².